The summed E-state index contributed by atoms with van der Waals surface area (Å²) in [6, 6.07) is -1.60. The number of aromatic nitrogens is 8. The summed E-state index contributed by atoms with van der Waals surface area (Å²) in [5.74, 6) is 0.0273. The van der Waals surface area contributed by atoms with Crippen LogP contribution in [-0.4, -0.2) is 96.9 Å². The molecule has 0 spiro atoms. The molecule has 230 valence electrons. The number of nitrogens with zero attached hydrogens (tertiary/aromatic N) is 7. The molecule has 7 rings (SSSR count). The third-order valence-corrected chi connectivity index (χ3v) is 11.4. The lowest BCUT2D eigenvalue weighted by Crippen LogP contribution is -2.47. The van der Waals surface area contributed by atoms with E-state index >= 15 is 8.78 Å². The molecule has 4 aromatic heterocycles. The van der Waals surface area contributed by atoms with Crippen LogP contribution in [0.15, 0.2) is 30.1 Å². The summed E-state index contributed by atoms with van der Waals surface area (Å²) in [7, 11) is -4.72. The van der Waals surface area contributed by atoms with Gasteiger partial charge in [-0.2, -0.15) is 13.1 Å². The first-order valence-electron chi connectivity index (χ1n) is 12.5. The molecule has 3 aliphatic heterocycles. The number of ether oxygens (including phenoxy) is 2. The standard InChI is InChI=1S/C20H21F2N10O8PS2/c21-9-11-7(39-19(9)31-5-28-12-15(23)24-3-25-16(12)31)1-37-41(34,42)14-8(2-38-43(35,36)30-11)40-20(10(14)22)32-6-29-13-17(32)26-4-27-18(13)33/h3-11,14,19-20,30H,1-2H2,(H,34,42)(H2,23,24,25)(H,26,27,33)/t7-,8-,9-,10-,11-,14-,19-,20+,41+/m1/s1. The number of halogens is 2. The van der Waals surface area contributed by atoms with Crippen molar-refractivity contribution in [3.8, 4) is 0 Å². The number of hydrogen-bond acceptors (Lipinski definition) is 14. The summed E-state index contributed by atoms with van der Waals surface area (Å²) >= 11 is 4.15. The minimum atomic E-state index is -4.72. The number of nitrogens with two attached hydrogens (primary N) is 1. The molecule has 0 aliphatic carbocycles. The Kier molecular flexibility index (Phi) is 6.81. The first-order valence-corrected chi connectivity index (χ1v) is 16.8. The van der Waals surface area contributed by atoms with Crippen LogP contribution in [0.3, 0.4) is 0 Å². The first kappa shape index (κ1) is 28.6. The lowest BCUT2D eigenvalue weighted by Gasteiger charge is -2.25. The Bertz CT molecular complexity index is 1940. The van der Waals surface area contributed by atoms with Crippen molar-refractivity contribution < 1.29 is 39.9 Å². The maximum atomic E-state index is 16.1. The molecular weight excluding hydrogens is 641 g/mol. The summed E-state index contributed by atoms with van der Waals surface area (Å²) in [4.78, 5) is 34.3. The number of imidazole rings is 2. The zero-order valence-electron chi connectivity index (χ0n) is 21.4. The van der Waals surface area contributed by atoms with Crippen molar-refractivity contribution in [3.05, 3.63) is 35.7 Å². The number of anilines is 1. The van der Waals surface area contributed by atoms with Gasteiger partial charge in [-0.05, 0) is 0 Å². The van der Waals surface area contributed by atoms with E-state index in [4.69, 9.17) is 23.9 Å². The predicted octanol–water partition coefficient (Wildman–Crippen LogP) is -0.246. The number of aromatic amines is 1. The average Bonchev–Trinajstić information content (AvgIpc) is 3.71. The Morgan fingerprint density at radius 3 is 2.42 bits per heavy atom. The molecule has 4 aromatic rings. The third-order valence-electron chi connectivity index (χ3n) is 7.39. The number of fused-ring (bicyclic) bond motifs is 4. The summed E-state index contributed by atoms with van der Waals surface area (Å²) in [5.41, 5.74) is 3.68. The Morgan fingerprint density at radius 1 is 0.977 bits per heavy atom. The van der Waals surface area contributed by atoms with Crippen molar-refractivity contribution in [2.45, 2.75) is 48.7 Å². The van der Waals surface area contributed by atoms with Gasteiger partial charge in [0.1, 0.15) is 29.7 Å². The number of H-pyrrole nitrogens is 1. The van der Waals surface area contributed by atoms with Gasteiger partial charge in [-0.15, -0.1) is 0 Å². The topological polar surface area (TPSA) is 233 Å². The fraction of sp³-hybridized carbons (Fsp3) is 0.500. The van der Waals surface area contributed by atoms with Crippen LogP contribution in [0.2, 0.25) is 0 Å². The van der Waals surface area contributed by atoms with Gasteiger partial charge >= 0.3 is 10.3 Å². The van der Waals surface area contributed by atoms with Crippen LogP contribution in [0, 0.1) is 0 Å². The SMILES string of the molecule is Nc1ncnc2c1ncn2[C@@H]1O[C@@H]2CO[P@](=O)(S)[C@H]3[C@@H](F)[C@@H](n4cnc5c(=O)[nH]cnc54)O[C@@H]3COS(=O)(=O)N[C@H]2[C@H]1F. The number of nitrogen functional groups attached to an aromatic ring is 1. The van der Waals surface area contributed by atoms with Crippen LogP contribution in [0.1, 0.15) is 12.5 Å². The summed E-state index contributed by atoms with van der Waals surface area (Å²) in [6.45, 7) is -5.83. The molecule has 3 saturated heterocycles. The highest BCUT2D eigenvalue weighted by atomic mass is 32.7. The monoisotopic (exact) mass is 662 g/mol. The number of hydrogen-bond donors (Lipinski definition) is 4. The molecular formula is C20H21F2N10O8PS2. The fourth-order valence-corrected chi connectivity index (χ4v) is 9.05. The third kappa shape index (κ3) is 4.72. The quantitative estimate of drug-likeness (QED) is 0.160. The minimum Gasteiger partial charge on any atom is -0.382 e. The molecule has 0 saturated carbocycles. The number of alkyl halides is 2. The predicted molar refractivity (Wildman–Crippen MR) is 144 cm³/mol. The summed E-state index contributed by atoms with van der Waals surface area (Å²) in [6.07, 6.45) is -5.57. The lowest BCUT2D eigenvalue weighted by atomic mass is 10.1. The zero-order chi connectivity index (χ0) is 30.3. The zero-order valence-corrected chi connectivity index (χ0v) is 24.0. The van der Waals surface area contributed by atoms with Gasteiger partial charge in [0.15, 0.2) is 47.4 Å². The lowest BCUT2D eigenvalue weighted by molar-refractivity contribution is -0.0323. The van der Waals surface area contributed by atoms with Crippen LogP contribution in [0.4, 0.5) is 14.6 Å². The normalized spacial score (nSPS) is 36.3. The maximum absolute atomic E-state index is 16.1. The van der Waals surface area contributed by atoms with Gasteiger partial charge in [0.25, 0.3) is 12.1 Å². The Balaban J connectivity index is 1.20. The summed E-state index contributed by atoms with van der Waals surface area (Å²) < 4.78 is 98.2. The smallest absolute Gasteiger partial charge is 0.336 e. The minimum absolute atomic E-state index is 0.0273. The van der Waals surface area contributed by atoms with Crippen molar-refractivity contribution in [2.75, 3.05) is 18.9 Å². The van der Waals surface area contributed by atoms with Crippen LogP contribution < -0.4 is 16.0 Å². The van der Waals surface area contributed by atoms with Gasteiger partial charge in [-0.3, -0.25) is 22.7 Å². The molecule has 43 heavy (non-hydrogen) atoms. The summed E-state index contributed by atoms with van der Waals surface area (Å²) in [5, 5.41) is 0. The first-order chi connectivity index (χ1) is 20.4. The van der Waals surface area contributed by atoms with Crippen molar-refractivity contribution >= 4 is 57.3 Å². The maximum Gasteiger partial charge on any atom is 0.336 e. The Labute approximate surface area is 244 Å². The number of nitrogens with one attached hydrogen (secondary N) is 2. The van der Waals surface area contributed by atoms with Gasteiger partial charge in [0.2, 0.25) is 0 Å². The van der Waals surface area contributed by atoms with Gasteiger partial charge < -0.3 is 24.7 Å². The number of rotatable bonds is 2. The molecule has 18 nitrogen and oxygen atoms in total. The molecule has 0 bridgehead atoms. The van der Waals surface area contributed by atoms with E-state index in [0.717, 1.165) is 23.5 Å². The van der Waals surface area contributed by atoms with Crippen molar-refractivity contribution in [1.29, 1.82) is 0 Å². The molecule has 4 N–H and O–H groups in total. The van der Waals surface area contributed by atoms with Crippen molar-refractivity contribution in [3.63, 3.8) is 0 Å². The van der Waals surface area contributed by atoms with Crippen LogP contribution >= 0.6 is 18.8 Å². The molecule has 23 heteroatoms. The second-order valence-corrected chi connectivity index (χ2v) is 14.9. The highest BCUT2D eigenvalue weighted by molar-refractivity contribution is 8.46. The molecule has 0 unspecified atom stereocenters. The van der Waals surface area contributed by atoms with E-state index in [0.29, 0.717) is 0 Å². The van der Waals surface area contributed by atoms with Gasteiger partial charge in [-0.25, -0.2) is 33.7 Å². The fourth-order valence-electron chi connectivity index (χ4n) is 5.41. The van der Waals surface area contributed by atoms with Crippen molar-refractivity contribution in [1.82, 2.24) is 43.8 Å². The van der Waals surface area contributed by atoms with E-state index in [1.165, 1.54) is 10.9 Å². The molecule has 9 atom stereocenters. The second kappa shape index (κ2) is 10.2. The van der Waals surface area contributed by atoms with E-state index < -0.39 is 84.4 Å². The van der Waals surface area contributed by atoms with E-state index in [2.05, 4.69) is 46.9 Å². The largest absolute Gasteiger partial charge is 0.382 e. The van der Waals surface area contributed by atoms with Gasteiger partial charge in [0.05, 0.1) is 38.2 Å². The second-order valence-electron chi connectivity index (χ2n) is 9.89. The average molecular weight is 663 g/mol. The van der Waals surface area contributed by atoms with Crippen molar-refractivity contribution in [2.24, 2.45) is 0 Å². The highest BCUT2D eigenvalue weighted by Gasteiger charge is 2.57. The van der Waals surface area contributed by atoms with Crippen LogP contribution in [-0.2, 0) is 33.0 Å². The Hall–Kier alpha value is -3.11. The van der Waals surface area contributed by atoms with E-state index in [9.17, 15) is 17.8 Å². The van der Waals surface area contributed by atoms with Gasteiger partial charge in [-0.1, -0.05) is 12.2 Å². The molecule has 0 amide bonds. The Morgan fingerprint density at radius 2 is 1.65 bits per heavy atom. The molecule has 3 fully saturated rings. The molecule has 0 aromatic carbocycles. The van der Waals surface area contributed by atoms with Crippen LogP contribution in [0.25, 0.3) is 22.3 Å². The number of thiol groups is 1. The molecule has 0 radical (unpaired) electrons. The van der Waals surface area contributed by atoms with Crippen LogP contribution in [0.5, 0.6) is 0 Å². The van der Waals surface area contributed by atoms with Gasteiger partial charge in [0, 0.05) is 0 Å². The van der Waals surface area contributed by atoms with E-state index in [-0.39, 0.29) is 28.1 Å². The highest BCUT2D eigenvalue weighted by Crippen LogP contribution is 2.63. The van der Waals surface area contributed by atoms with E-state index in [1.54, 1.807) is 0 Å². The molecule has 3 aliphatic rings. The molecule has 7 heterocycles. The van der Waals surface area contributed by atoms with E-state index in [1.807, 2.05) is 0 Å².